The second kappa shape index (κ2) is 8.25. The van der Waals surface area contributed by atoms with Crippen LogP contribution in [0.1, 0.15) is 34.9 Å². The number of hydrogen-bond acceptors (Lipinski definition) is 4. The number of aromatic nitrogens is 2. The van der Waals surface area contributed by atoms with E-state index in [0.717, 1.165) is 47.2 Å². The molecule has 2 heterocycles. The van der Waals surface area contributed by atoms with Crippen molar-refractivity contribution >= 4 is 10.9 Å². The fraction of sp³-hybridized carbons (Fsp3) is 0.231. The maximum Gasteiger partial charge on any atom is 0.130 e. The van der Waals surface area contributed by atoms with Crippen molar-refractivity contribution in [3.8, 4) is 5.75 Å². The number of benzene rings is 2. The van der Waals surface area contributed by atoms with Crippen LogP contribution in [0.15, 0.2) is 79.1 Å². The molecule has 0 unspecified atom stereocenters. The van der Waals surface area contributed by atoms with Crippen molar-refractivity contribution in [3.05, 3.63) is 102 Å². The fourth-order valence-corrected chi connectivity index (χ4v) is 4.30. The first-order valence-corrected chi connectivity index (χ1v) is 10.4. The van der Waals surface area contributed by atoms with Gasteiger partial charge in [-0.2, -0.15) is 0 Å². The third kappa shape index (κ3) is 3.91. The molecule has 4 aromatic rings. The van der Waals surface area contributed by atoms with E-state index in [4.69, 9.17) is 4.74 Å². The van der Waals surface area contributed by atoms with Gasteiger partial charge in [0.25, 0.3) is 0 Å². The van der Waals surface area contributed by atoms with E-state index in [1.54, 1.807) is 6.20 Å². The summed E-state index contributed by atoms with van der Waals surface area (Å²) in [7, 11) is 0. The lowest BCUT2D eigenvalue weighted by Gasteiger charge is -2.30. The van der Waals surface area contributed by atoms with E-state index in [1.165, 1.54) is 11.1 Å². The minimum atomic E-state index is -0.490. The Bertz CT molecular complexity index is 1160. The highest BCUT2D eigenvalue weighted by Gasteiger charge is 2.28. The summed E-state index contributed by atoms with van der Waals surface area (Å²) in [5.74, 6) is 0.962. The standard InChI is InChI=1S/C26H24N2O2/c29-26-21(14-18-4-3-13-27-16-18)8-7-19-10-12-23(15-24(19)26)30-17-22-11-9-20-5-1-2-6-25(20)28-22/h1-6,9-13,15-16,21,26,29H,7-8,14,17H2/t21-,26-/m0/s1. The largest absolute Gasteiger partial charge is 0.487 e. The second-order valence-corrected chi connectivity index (χ2v) is 7.95. The highest BCUT2D eigenvalue weighted by Crippen LogP contribution is 2.38. The van der Waals surface area contributed by atoms with Crippen LogP contribution in [0.2, 0.25) is 0 Å². The molecule has 0 radical (unpaired) electrons. The molecule has 30 heavy (non-hydrogen) atoms. The van der Waals surface area contributed by atoms with Gasteiger partial charge in [0.2, 0.25) is 0 Å². The molecule has 2 atom stereocenters. The molecule has 2 aromatic heterocycles. The van der Waals surface area contributed by atoms with Crippen LogP contribution in [-0.2, 0) is 19.4 Å². The Morgan fingerprint density at radius 3 is 2.83 bits per heavy atom. The number of rotatable bonds is 5. The van der Waals surface area contributed by atoms with Gasteiger partial charge >= 0.3 is 0 Å². The highest BCUT2D eigenvalue weighted by atomic mass is 16.5. The molecule has 150 valence electrons. The molecule has 4 nitrogen and oxygen atoms in total. The number of fused-ring (bicyclic) bond motifs is 2. The quantitative estimate of drug-likeness (QED) is 0.513. The SMILES string of the molecule is O[C@@H]1c2cc(OCc3ccc4ccccc4n3)ccc2CC[C@H]1Cc1cccnc1. The summed E-state index contributed by atoms with van der Waals surface area (Å²) >= 11 is 0. The fourth-order valence-electron chi connectivity index (χ4n) is 4.30. The predicted octanol–water partition coefficient (Wildman–Crippen LogP) is 5.05. The molecule has 2 aromatic carbocycles. The van der Waals surface area contributed by atoms with Crippen LogP contribution in [0, 0.1) is 5.92 Å². The topological polar surface area (TPSA) is 55.2 Å². The molecule has 0 spiro atoms. The smallest absolute Gasteiger partial charge is 0.130 e. The lowest BCUT2D eigenvalue weighted by molar-refractivity contribution is 0.0932. The second-order valence-electron chi connectivity index (χ2n) is 7.95. The summed E-state index contributed by atoms with van der Waals surface area (Å²) in [5, 5.41) is 12.1. The Labute approximate surface area is 176 Å². The summed E-state index contributed by atoms with van der Waals surface area (Å²) in [4.78, 5) is 8.87. The normalized spacial score (nSPS) is 18.2. The van der Waals surface area contributed by atoms with Crippen LogP contribution in [0.4, 0.5) is 0 Å². The van der Waals surface area contributed by atoms with Crippen LogP contribution >= 0.6 is 0 Å². The average molecular weight is 396 g/mol. The molecular weight excluding hydrogens is 372 g/mol. The number of aliphatic hydroxyl groups is 1. The van der Waals surface area contributed by atoms with E-state index in [0.29, 0.717) is 6.61 Å². The lowest BCUT2D eigenvalue weighted by Crippen LogP contribution is -2.22. The molecule has 0 fully saturated rings. The average Bonchev–Trinajstić information content (AvgIpc) is 2.80. The van der Waals surface area contributed by atoms with Gasteiger partial charge in [0, 0.05) is 17.8 Å². The van der Waals surface area contributed by atoms with Crippen LogP contribution in [0.3, 0.4) is 0 Å². The summed E-state index contributed by atoms with van der Waals surface area (Å²) in [5.41, 5.74) is 5.22. The first-order valence-electron chi connectivity index (χ1n) is 10.4. The molecule has 0 aliphatic heterocycles. The summed E-state index contributed by atoms with van der Waals surface area (Å²) < 4.78 is 6.03. The predicted molar refractivity (Wildman–Crippen MR) is 117 cm³/mol. The molecule has 1 aliphatic carbocycles. The minimum absolute atomic E-state index is 0.194. The summed E-state index contributed by atoms with van der Waals surface area (Å²) in [6, 6.07) is 22.2. The van der Waals surface area contributed by atoms with E-state index in [2.05, 4.69) is 34.2 Å². The Balaban J connectivity index is 1.30. The molecule has 5 rings (SSSR count). The molecule has 0 saturated heterocycles. The maximum atomic E-state index is 11.0. The number of aryl methyl sites for hydroxylation is 1. The monoisotopic (exact) mass is 396 g/mol. The number of ether oxygens (including phenoxy) is 1. The number of nitrogens with zero attached hydrogens (tertiary/aromatic N) is 2. The van der Waals surface area contributed by atoms with Gasteiger partial charge < -0.3 is 9.84 Å². The number of pyridine rings is 2. The van der Waals surface area contributed by atoms with Gasteiger partial charge in [0.05, 0.1) is 17.3 Å². The van der Waals surface area contributed by atoms with Gasteiger partial charge in [-0.25, -0.2) is 4.98 Å². The number of para-hydroxylation sites is 1. The minimum Gasteiger partial charge on any atom is -0.487 e. The van der Waals surface area contributed by atoms with Crippen molar-refractivity contribution < 1.29 is 9.84 Å². The van der Waals surface area contributed by atoms with Gasteiger partial charge in [-0.1, -0.05) is 36.4 Å². The van der Waals surface area contributed by atoms with E-state index in [9.17, 15) is 5.11 Å². The van der Waals surface area contributed by atoms with Gasteiger partial charge in [-0.15, -0.1) is 0 Å². The van der Waals surface area contributed by atoms with Crippen LogP contribution in [0.5, 0.6) is 5.75 Å². The van der Waals surface area contributed by atoms with Crippen molar-refractivity contribution in [2.45, 2.75) is 32.0 Å². The van der Waals surface area contributed by atoms with E-state index < -0.39 is 6.10 Å². The Kier molecular flexibility index (Phi) is 5.16. The van der Waals surface area contributed by atoms with E-state index in [1.807, 2.05) is 48.7 Å². The zero-order chi connectivity index (χ0) is 20.3. The van der Waals surface area contributed by atoms with Gasteiger partial charge in [0.15, 0.2) is 0 Å². The molecular formula is C26H24N2O2. The zero-order valence-corrected chi connectivity index (χ0v) is 16.7. The molecule has 0 bridgehead atoms. The number of aliphatic hydroxyl groups excluding tert-OH is 1. The third-order valence-corrected chi connectivity index (χ3v) is 5.93. The van der Waals surface area contributed by atoms with Crippen LogP contribution in [-0.4, -0.2) is 15.1 Å². The Morgan fingerprint density at radius 1 is 1.00 bits per heavy atom. The summed E-state index contributed by atoms with van der Waals surface area (Å²) in [6.45, 7) is 0.402. The highest BCUT2D eigenvalue weighted by molar-refractivity contribution is 5.78. The Morgan fingerprint density at radius 2 is 1.93 bits per heavy atom. The van der Waals surface area contributed by atoms with Crippen molar-refractivity contribution in [2.75, 3.05) is 0 Å². The zero-order valence-electron chi connectivity index (χ0n) is 16.7. The van der Waals surface area contributed by atoms with Gasteiger partial charge in [-0.05, 0) is 72.2 Å². The first kappa shape index (κ1) is 18.8. The van der Waals surface area contributed by atoms with Crippen molar-refractivity contribution in [3.63, 3.8) is 0 Å². The molecule has 0 amide bonds. The van der Waals surface area contributed by atoms with Crippen molar-refractivity contribution in [2.24, 2.45) is 5.92 Å². The first-order chi connectivity index (χ1) is 14.8. The number of hydrogen-bond donors (Lipinski definition) is 1. The van der Waals surface area contributed by atoms with Crippen LogP contribution < -0.4 is 4.74 Å². The van der Waals surface area contributed by atoms with Gasteiger partial charge in [0.1, 0.15) is 12.4 Å². The van der Waals surface area contributed by atoms with E-state index >= 15 is 0 Å². The molecule has 1 N–H and O–H groups in total. The van der Waals surface area contributed by atoms with Crippen molar-refractivity contribution in [1.29, 1.82) is 0 Å². The van der Waals surface area contributed by atoms with E-state index in [-0.39, 0.29) is 5.92 Å². The maximum absolute atomic E-state index is 11.0. The molecule has 1 aliphatic rings. The third-order valence-electron chi connectivity index (χ3n) is 5.93. The van der Waals surface area contributed by atoms with Crippen molar-refractivity contribution in [1.82, 2.24) is 9.97 Å². The van der Waals surface area contributed by atoms with Crippen LogP contribution in [0.25, 0.3) is 10.9 Å². The Hall–Kier alpha value is -3.24. The lowest BCUT2D eigenvalue weighted by atomic mass is 9.78. The molecule has 0 saturated carbocycles. The summed E-state index contributed by atoms with van der Waals surface area (Å²) in [6.07, 6.45) is 5.97. The van der Waals surface area contributed by atoms with Gasteiger partial charge in [-0.3, -0.25) is 4.98 Å². The molecule has 4 heteroatoms.